The SMILES string of the molecule is CC(C)(Sc1ccncc1N)C(=O)O. The lowest BCUT2D eigenvalue weighted by Gasteiger charge is -2.18. The van der Waals surface area contributed by atoms with E-state index in [1.165, 1.54) is 18.0 Å². The minimum absolute atomic E-state index is 0.506. The summed E-state index contributed by atoms with van der Waals surface area (Å²) in [7, 11) is 0. The number of carbonyl (C=O) groups is 1. The lowest BCUT2D eigenvalue weighted by molar-refractivity contribution is -0.138. The van der Waals surface area contributed by atoms with E-state index in [2.05, 4.69) is 4.98 Å². The molecule has 0 saturated heterocycles. The molecule has 0 aliphatic heterocycles. The fourth-order valence-corrected chi connectivity index (χ4v) is 1.74. The number of nitrogens with two attached hydrogens (primary N) is 1. The van der Waals surface area contributed by atoms with Crippen LogP contribution in [-0.2, 0) is 4.79 Å². The number of anilines is 1. The van der Waals surface area contributed by atoms with Crippen LogP contribution >= 0.6 is 11.8 Å². The maximum atomic E-state index is 10.9. The molecule has 3 N–H and O–H groups in total. The largest absolute Gasteiger partial charge is 0.480 e. The highest BCUT2D eigenvalue weighted by atomic mass is 32.2. The van der Waals surface area contributed by atoms with Crippen molar-refractivity contribution in [1.29, 1.82) is 0 Å². The Morgan fingerprint density at radius 3 is 2.79 bits per heavy atom. The second-order valence-electron chi connectivity index (χ2n) is 3.33. The van der Waals surface area contributed by atoms with Crippen LogP contribution in [0.15, 0.2) is 23.4 Å². The van der Waals surface area contributed by atoms with Crippen LogP contribution in [0.2, 0.25) is 0 Å². The molecule has 1 aromatic rings. The zero-order valence-electron chi connectivity index (χ0n) is 8.02. The van der Waals surface area contributed by atoms with Crippen molar-refractivity contribution in [2.45, 2.75) is 23.5 Å². The molecule has 5 heteroatoms. The molecule has 0 unspecified atom stereocenters. The highest BCUT2D eigenvalue weighted by Gasteiger charge is 2.29. The van der Waals surface area contributed by atoms with Crippen molar-refractivity contribution < 1.29 is 9.90 Å². The van der Waals surface area contributed by atoms with Gasteiger partial charge in [0.25, 0.3) is 0 Å². The molecular weight excluding hydrogens is 200 g/mol. The number of rotatable bonds is 3. The van der Waals surface area contributed by atoms with Gasteiger partial charge in [0.1, 0.15) is 4.75 Å². The number of thioether (sulfide) groups is 1. The molecule has 0 aliphatic rings. The van der Waals surface area contributed by atoms with Crippen LogP contribution in [0.1, 0.15) is 13.8 Å². The number of carboxylic acid groups (broad SMARTS) is 1. The van der Waals surface area contributed by atoms with Gasteiger partial charge in [-0.3, -0.25) is 9.78 Å². The molecule has 0 spiro atoms. The molecule has 76 valence electrons. The van der Waals surface area contributed by atoms with Crippen LogP contribution in [0.3, 0.4) is 0 Å². The van der Waals surface area contributed by atoms with E-state index in [0.717, 1.165) is 4.90 Å². The summed E-state index contributed by atoms with van der Waals surface area (Å²) in [5.41, 5.74) is 6.16. The maximum Gasteiger partial charge on any atom is 0.319 e. The Morgan fingerprint density at radius 1 is 1.64 bits per heavy atom. The first-order chi connectivity index (χ1) is 6.43. The van der Waals surface area contributed by atoms with Gasteiger partial charge < -0.3 is 10.8 Å². The minimum atomic E-state index is -0.879. The molecule has 4 nitrogen and oxygen atoms in total. The van der Waals surface area contributed by atoms with E-state index in [-0.39, 0.29) is 0 Å². The molecule has 0 aromatic carbocycles. The molecule has 0 aliphatic carbocycles. The van der Waals surface area contributed by atoms with Crippen molar-refractivity contribution in [2.24, 2.45) is 0 Å². The Bertz CT molecular complexity index is 352. The maximum absolute atomic E-state index is 10.9. The van der Waals surface area contributed by atoms with Crippen molar-refractivity contribution in [2.75, 3.05) is 5.73 Å². The summed E-state index contributed by atoms with van der Waals surface area (Å²) in [6.07, 6.45) is 3.11. The zero-order valence-corrected chi connectivity index (χ0v) is 8.84. The molecular formula is C9H12N2O2S. The average molecular weight is 212 g/mol. The van der Waals surface area contributed by atoms with Gasteiger partial charge in [-0.15, -0.1) is 11.8 Å². The van der Waals surface area contributed by atoms with Gasteiger partial charge in [-0.25, -0.2) is 0 Å². The summed E-state index contributed by atoms with van der Waals surface area (Å²) in [5, 5.41) is 8.92. The van der Waals surface area contributed by atoms with Crippen LogP contribution in [-0.4, -0.2) is 20.8 Å². The molecule has 0 bridgehead atoms. The van der Waals surface area contributed by atoms with E-state index >= 15 is 0 Å². The fourth-order valence-electron chi connectivity index (χ4n) is 0.805. The molecule has 1 rings (SSSR count). The molecule has 0 saturated carbocycles. The Hall–Kier alpha value is -1.23. The number of nitrogen functional groups attached to an aromatic ring is 1. The Morgan fingerprint density at radius 2 is 2.29 bits per heavy atom. The van der Waals surface area contributed by atoms with Crippen molar-refractivity contribution in [3.63, 3.8) is 0 Å². The lowest BCUT2D eigenvalue weighted by atomic mass is 10.2. The molecule has 1 aromatic heterocycles. The first kappa shape index (κ1) is 10.8. The van der Waals surface area contributed by atoms with E-state index in [9.17, 15) is 4.79 Å². The number of nitrogens with zero attached hydrogens (tertiary/aromatic N) is 1. The number of aliphatic carboxylic acids is 1. The molecule has 0 atom stereocenters. The van der Waals surface area contributed by atoms with E-state index in [1.54, 1.807) is 26.1 Å². The van der Waals surface area contributed by atoms with Gasteiger partial charge in [-0.1, -0.05) is 0 Å². The second-order valence-corrected chi connectivity index (χ2v) is 5.00. The van der Waals surface area contributed by atoms with Gasteiger partial charge in [0.2, 0.25) is 0 Å². The summed E-state index contributed by atoms with van der Waals surface area (Å²) in [6.45, 7) is 3.28. The molecule has 0 amide bonds. The highest BCUT2D eigenvalue weighted by molar-refractivity contribution is 8.01. The molecule has 14 heavy (non-hydrogen) atoms. The van der Waals surface area contributed by atoms with Gasteiger partial charge in [-0.2, -0.15) is 0 Å². The summed E-state index contributed by atoms with van der Waals surface area (Å²) in [6, 6.07) is 1.71. The predicted octanol–water partition coefficient (Wildman–Crippen LogP) is 1.62. The lowest BCUT2D eigenvalue weighted by Crippen LogP contribution is -2.27. The molecule has 0 radical (unpaired) electrons. The Labute approximate surface area is 86.5 Å². The second kappa shape index (κ2) is 3.88. The normalized spacial score (nSPS) is 11.3. The summed E-state index contributed by atoms with van der Waals surface area (Å²) in [5.74, 6) is -0.862. The van der Waals surface area contributed by atoms with Crippen molar-refractivity contribution in [3.8, 4) is 0 Å². The number of carboxylic acids is 1. The van der Waals surface area contributed by atoms with Crippen molar-refractivity contribution in [3.05, 3.63) is 18.5 Å². The third-order valence-electron chi connectivity index (χ3n) is 1.69. The standard InChI is InChI=1S/C9H12N2O2S/c1-9(2,8(12)13)14-7-3-4-11-5-6(7)10/h3-5H,10H2,1-2H3,(H,12,13). The summed E-state index contributed by atoms with van der Waals surface area (Å²) in [4.78, 5) is 15.4. The summed E-state index contributed by atoms with van der Waals surface area (Å²) < 4.78 is -0.879. The topological polar surface area (TPSA) is 76.2 Å². The van der Waals surface area contributed by atoms with Crippen LogP contribution in [0.5, 0.6) is 0 Å². The third kappa shape index (κ3) is 2.38. The van der Waals surface area contributed by atoms with Gasteiger partial charge in [-0.05, 0) is 19.9 Å². The first-order valence-corrected chi connectivity index (χ1v) is 4.87. The third-order valence-corrected chi connectivity index (χ3v) is 2.97. The number of hydrogen-bond acceptors (Lipinski definition) is 4. The van der Waals surface area contributed by atoms with Crippen LogP contribution in [0.4, 0.5) is 5.69 Å². The summed E-state index contributed by atoms with van der Waals surface area (Å²) >= 11 is 1.22. The molecule has 1 heterocycles. The van der Waals surface area contributed by atoms with Crippen LogP contribution in [0, 0.1) is 0 Å². The highest BCUT2D eigenvalue weighted by Crippen LogP contribution is 2.35. The van der Waals surface area contributed by atoms with Gasteiger partial charge in [0.15, 0.2) is 0 Å². The van der Waals surface area contributed by atoms with Gasteiger partial charge >= 0.3 is 5.97 Å². The monoisotopic (exact) mass is 212 g/mol. The fraction of sp³-hybridized carbons (Fsp3) is 0.333. The van der Waals surface area contributed by atoms with E-state index in [0.29, 0.717) is 5.69 Å². The minimum Gasteiger partial charge on any atom is -0.480 e. The van der Waals surface area contributed by atoms with E-state index < -0.39 is 10.7 Å². The number of hydrogen-bond donors (Lipinski definition) is 2. The Balaban J connectivity index is 2.89. The van der Waals surface area contributed by atoms with E-state index in [1.807, 2.05) is 0 Å². The smallest absolute Gasteiger partial charge is 0.319 e. The average Bonchev–Trinajstić information content (AvgIpc) is 2.08. The predicted molar refractivity (Wildman–Crippen MR) is 56.2 cm³/mol. The number of aromatic nitrogens is 1. The Kier molecular flexibility index (Phi) is 3.00. The zero-order chi connectivity index (χ0) is 10.8. The number of pyridine rings is 1. The first-order valence-electron chi connectivity index (χ1n) is 4.05. The van der Waals surface area contributed by atoms with Gasteiger partial charge in [0.05, 0.1) is 11.9 Å². The van der Waals surface area contributed by atoms with Crippen molar-refractivity contribution >= 4 is 23.4 Å². The molecule has 0 fully saturated rings. The van der Waals surface area contributed by atoms with Crippen LogP contribution < -0.4 is 5.73 Å². The van der Waals surface area contributed by atoms with E-state index in [4.69, 9.17) is 10.8 Å². The van der Waals surface area contributed by atoms with Gasteiger partial charge in [0, 0.05) is 11.1 Å². The quantitative estimate of drug-likeness (QED) is 0.744. The van der Waals surface area contributed by atoms with Crippen LogP contribution in [0.25, 0.3) is 0 Å². The van der Waals surface area contributed by atoms with Crippen molar-refractivity contribution in [1.82, 2.24) is 4.98 Å².